The molecule has 0 aromatic rings. The first kappa shape index (κ1) is 8.57. The van der Waals surface area contributed by atoms with Gasteiger partial charge in [0.2, 0.25) is 5.91 Å². The average molecular weight is 155 g/mol. The van der Waals surface area contributed by atoms with E-state index in [0.717, 1.165) is 6.54 Å². The molecule has 2 unspecified atom stereocenters. The summed E-state index contributed by atoms with van der Waals surface area (Å²) in [7, 11) is 0. The number of carbonyl (C=O) groups is 1. The quantitative estimate of drug-likeness (QED) is 0.563. The number of hydrogen-bond donors (Lipinski definition) is 1. The van der Waals surface area contributed by atoms with Crippen LogP contribution in [-0.4, -0.2) is 12.5 Å². The molecule has 0 bridgehead atoms. The molecule has 0 spiro atoms. The lowest BCUT2D eigenvalue weighted by molar-refractivity contribution is -0.133. The van der Waals surface area contributed by atoms with Crippen LogP contribution >= 0.6 is 0 Å². The van der Waals surface area contributed by atoms with E-state index in [1.807, 2.05) is 6.92 Å². The largest absolute Gasteiger partial charge is 0.356 e. The molecule has 0 aliphatic carbocycles. The summed E-state index contributed by atoms with van der Waals surface area (Å²) in [6.07, 6.45) is 0. The molecule has 1 N–H and O–H groups in total. The maximum absolute atomic E-state index is 11.2. The zero-order valence-electron chi connectivity index (χ0n) is 7.77. The van der Waals surface area contributed by atoms with Crippen LogP contribution in [0.4, 0.5) is 0 Å². The molecule has 1 rings (SSSR count). The smallest absolute Gasteiger partial charge is 0.223 e. The van der Waals surface area contributed by atoms with Crippen LogP contribution in [0.1, 0.15) is 27.7 Å². The first-order chi connectivity index (χ1) is 4.96. The van der Waals surface area contributed by atoms with Gasteiger partial charge >= 0.3 is 0 Å². The van der Waals surface area contributed by atoms with Gasteiger partial charge in [-0.1, -0.05) is 27.7 Å². The lowest BCUT2D eigenvalue weighted by Crippen LogP contribution is -2.50. The molecule has 0 radical (unpaired) electrons. The Morgan fingerprint density at radius 3 is 2.45 bits per heavy atom. The monoisotopic (exact) mass is 155 g/mol. The molecule has 1 heterocycles. The van der Waals surface area contributed by atoms with Crippen molar-refractivity contribution in [2.45, 2.75) is 27.7 Å². The van der Waals surface area contributed by atoms with Crippen LogP contribution in [-0.2, 0) is 4.79 Å². The van der Waals surface area contributed by atoms with Crippen LogP contribution in [0, 0.1) is 17.3 Å². The lowest BCUT2D eigenvalue weighted by Gasteiger charge is -2.41. The van der Waals surface area contributed by atoms with Crippen LogP contribution in [0.5, 0.6) is 0 Å². The maximum atomic E-state index is 11.2. The molecule has 0 aromatic carbocycles. The van der Waals surface area contributed by atoms with E-state index in [9.17, 15) is 4.79 Å². The van der Waals surface area contributed by atoms with Gasteiger partial charge in [-0.3, -0.25) is 4.79 Å². The van der Waals surface area contributed by atoms with Gasteiger partial charge in [0.25, 0.3) is 0 Å². The van der Waals surface area contributed by atoms with Crippen molar-refractivity contribution >= 4 is 5.91 Å². The van der Waals surface area contributed by atoms with E-state index in [0.29, 0.717) is 5.92 Å². The molecule has 64 valence electrons. The molecule has 0 saturated carbocycles. The van der Waals surface area contributed by atoms with Crippen molar-refractivity contribution < 1.29 is 4.79 Å². The molecule has 1 amide bonds. The summed E-state index contributed by atoms with van der Waals surface area (Å²) in [6, 6.07) is 0. The Bertz CT molecular complexity index is 174. The van der Waals surface area contributed by atoms with E-state index in [4.69, 9.17) is 0 Å². The molecule has 1 fully saturated rings. The van der Waals surface area contributed by atoms with Crippen molar-refractivity contribution in [3.05, 3.63) is 0 Å². The van der Waals surface area contributed by atoms with Gasteiger partial charge in [-0.2, -0.15) is 0 Å². The molecule has 2 heteroatoms. The van der Waals surface area contributed by atoms with Crippen LogP contribution in [0.3, 0.4) is 0 Å². The van der Waals surface area contributed by atoms with Gasteiger partial charge in [-0.25, -0.2) is 0 Å². The molecule has 2 nitrogen and oxygen atoms in total. The van der Waals surface area contributed by atoms with Crippen molar-refractivity contribution in [2.75, 3.05) is 6.54 Å². The van der Waals surface area contributed by atoms with Crippen LogP contribution in [0.15, 0.2) is 0 Å². The number of rotatable bonds is 0. The summed E-state index contributed by atoms with van der Waals surface area (Å²) in [5.74, 6) is 0.926. The first-order valence-corrected chi connectivity index (χ1v) is 4.24. The van der Waals surface area contributed by atoms with E-state index in [1.165, 1.54) is 0 Å². The van der Waals surface area contributed by atoms with E-state index < -0.39 is 0 Å². The maximum Gasteiger partial charge on any atom is 0.223 e. The zero-order chi connectivity index (χ0) is 8.65. The minimum Gasteiger partial charge on any atom is -0.356 e. The Hall–Kier alpha value is -0.530. The highest BCUT2D eigenvalue weighted by Gasteiger charge is 2.39. The van der Waals surface area contributed by atoms with E-state index in [1.54, 1.807) is 0 Å². The third kappa shape index (κ3) is 1.26. The number of piperidine rings is 1. The zero-order valence-corrected chi connectivity index (χ0v) is 7.77. The fraction of sp³-hybridized carbons (Fsp3) is 0.889. The predicted octanol–water partition coefficient (Wildman–Crippen LogP) is 1.41. The van der Waals surface area contributed by atoms with Crippen molar-refractivity contribution in [2.24, 2.45) is 17.3 Å². The molecular weight excluding hydrogens is 138 g/mol. The predicted molar refractivity (Wildman–Crippen MR) is 45.1 cm³/mol. The van der Waals surface area contributed by atoms with Gasteiger partial charge in [-0.05, 0) is 11.3 Å². The standard InChI is InChI=1S/C9H17NO/c1-6-5-10-8(11)7(2)9(6,3)4/h6-7H,5H2,1-4H3,(H,10,11). The summed E-state index contributed by atoms with van der Waals surface area (Å²) < 4.78 is 0. The average Bonchev–Trinajstić information content (AvgIpc) is 1.95. The van der Waals surface area contributed by atoms with Gasteiger partial charge in [0.15, 0.2) is 0 Å². The number of amides is 1. The molecule has 1 aliphatic rings. The fourth-order valence-corrected chi connectivity index (χ4v) is 1.43. The van der Waals surface area contributed by atoms with E-state index in [-0.39, 0.29) is 17.2 Å². The highest BCUT2D eigenvalue weighted by Crippen LogP contribution is 2.37. The topological polar surface area (TPSA) is 29.1 Å². The first-order valence-electron chi connectivity index (χ1n) is 4.24. The van der Waals surface area contributed by atoms with Crippen LogP contribution in [0.2, 0.25) is 0 Å². The number of nitrogens with one attached hydrogen (secondary N) is 1. The number of carbonyl (C=O) groups excluding carboxylic acids is 1. The molecule has 1 saturated heterocycles. The Balaban J connectivity index is 2.80. The Morgan fingerprint density at radius 1 is 1.45 bits per heavy atom. The molecule has 11 heavy (non-hydrogen) atoms. The Labute approximate surface area is 68.4 Å². The SMILES string of the molecule is CC1CNC(=O)C(C)C1(C)C. The van der Waals surface area contributed by atoms with Crippen molar-refractivity contribution in [3.8, 4) is 0 Å². The van der Waals surface area contributed by atoms with Gasteiger partial charge in [0.1, 0.15) is 0 Å². The minimum atomic E-state index is 0.145. The third-order valence-corrected chi connectivity index (χ3v) is 3.36. The molecular formula is C9H17NO. The van der Waals surface area contributed by atoms with E-state index >= 15 is 0 Å². The summed E-state index contributed by atoms with van der Waals surface area (Å²) in [5.41, 5.74) is 0.155. The fourth-order valence-electron chi connectivity index (χ4n) is 1.43. The number of hydrogen-bond acceptors (Lipinski definition) is 1. The summed E-state index contributed by atoms with van der Waals surface area (Å²) in [4.78, 5) is 11.2. The van der Waals surface area contributed by atoms with Crippen LogP contribution < -0.4 is 5.32 Å². The second-order valence-electron chi connectivity index (χ2n) is 4.19. The third-order valence-electron chi connectivity index (χ3n) is 3.36. The summed E-state index contributed by atoms with van der Waals surface area (Å²) in [5, 5.41) is 2.90. The van der Waals surface area contributed by atoms with Gasteiger partial charge in [-0.15, -0.1) is 0 Å². The normalized spacial score (nSPS) is 36.5. The summed E-state index contributed by atoms with van der Waals surface area (Å²) in [6.45, 7) is 9.36. The van der Waals surface area contributed by atoms with E-state index in [2.05, 4.69) is 26.1 Å². The Kier molecular flexibility index (Phi) is 1.95. The molecule has 1 aliphatic heterocycles. The molecule has 0 aromatic heterocycles. The van der Waals surface area contributed by atoms with Crippen molar-refractivity contribution in [3.63, 3.8) is 0 Å². The Morgan fingerprint density at radius 2 is 2.00 bits per heavy atom. The highest BCUT2D eigenvalue weighted by atomic mass is 16.1. The lowest BCUT2D eigenvalue weighted by atomic mass is 9.68. The summed E-state index contributed by atoms with van der Waals surface area (Å²) >= 11 is 0. The second-order valence-corrected chi connectivity index (χ2v) is 4.19. The molecule has 2 atom stereocenters. The van der Waals surface area contributed by atoms with Gasteiger partial charge in [0, 0.05) is 12.5 Å². The van der Waals surface area contributed by atoms with Crippen LogP contribution in [0.25, 0.3) is 0 Å². The minimum absolute atomic E-state index is 0.145. The highest BCUT2D eigenvalue weighted by molar-refractivity contribution is 5.79. The second kappa shape index (κ2) is 2.50. The van der Waals surface area contributed by atoms with Gasteiger partial charge in [0.05, 0.1) is 0 Å². The van der Waals surface area contributed by atoms with Crippen molar-refractivity contribution in [1.29, 1.82) is 0 Å². The van der Waals surface area contributed by atoms with Gasteiger partial charge < -0.3 is 5.32 Å². The van der Waals surface area contributed by atoms with Crippen molar-refractivity contribution in [1.82, 2.24) is 5.32 Å².